The fourth-order valence-electron chi connectivity index (χ4n) is 2.41. The van der Waals surface area contributed by atoms with E-state index in [1.165, 1.54) is 0 Å². The normalized spacial score (nSPS) is 18.1. The van der Waals surface area contributed by atoms with E-state index >= 15 is 0 Å². The third-order valence-electron chi connectivity index (χ3n) is 3.51. The summed E-state index contributed by atoms with van der Waals surface area (Å²) in [6.45, 7) is 2.99. The van der Waals surface area contributed by atoms with Crippen LogP contribution in [0.4, 0.5) is 5.69 Å². The first-order valence-electron chi connectivity index (χ1n) is 7.34. The summed E-state index contributed by atoms with van der Waals surface area (Å²) >= 11 is 3.55. The van der Waals surface area contributed by atoms with Gasteiger partial charge in [0.2, 0.25) is 5.91 Å². The van der Waals surface area contributed by atoms with Crippen LogP contribution in [0.15, 0.2) is 29.6 Å². The number of hydrogen-bond acceptors (Lipinski definition) is 5. The molecule has 1 fully saturated rings. The van der Waals surface area contributed by atoms with Crippen molar-refractivity contribution in [3.8, 4) is 11.3 Å². The Morgan fingerprint density at radius 2 is 2.23 bits per heavy atom. The van der Waals surface area contributed by atoms with Crippen molar-refractivity contribution in [1.29, 1.82) is 0 Å². The van der Waals surface area contributed by atoms with Gasteiger partial charge in [-0.1, -0.05) is 12.1 Å². The highest BCUT2D eigenvalue weighted by Gasteiger charge is 2.16. The summed E-state index contributed by atoms with van der Waals surface area (Å²) < 4.78 is 0. The number of nitrogens with zero attached hydrogens (tertiary/aromatic N) is 1. The zero-order valence-electron chi connectivity index (χ0n) is 12.5. The van der Waals surface area contributed by atoms with Crippen LogP contribution in [0.5, 0.6) is 0 Å². The molecule has 1 atom stereocenters. The Balaban J connectivity index is 1.57. The van der Waals surface area contributed by atoms with Crippen molar-refractivity contribution in [2.75, 3.05) is 23.4 Å². The summed E-state index contributed by atoms with van der Waals surface area (Å²) in [4.78, 5) is 16.5. The number of carbonyl (C=O) groups excluding carboxylic acids is 1. The number of hydrogen-bond donors (Lipinski definition) is 2. The number of benzene rings is 1. The topological polar surface area (TPSA) is 54.0 Å². The minimum Gasteiger partial charge on any atom is -0.326 e. The number of nitrogens with one attached hydrogen (secondary N) is 2. The number of rotatable bonds is 4. The Labute approximate surface area is 138 Å². The van der Waals surface area contributed by atoms with Crippen LogP contribution in [0.2, 0.25) is 0 Å². The number of thioether (sulfide) groups is 1. The fourth-order valence-corrected chi connectivity index (χ4v) is 3.98. The van der Waals surface area contributed by atoms with Crippen LogP contribution in [0, 0.1) is 6.92 Å². The lowest BCUT2D eigenvalue weighted by Gasteiger charge is -2.22. The van der Waals surface area contributed by atoms with Crippen molar-refractivity contribution in [2.24, 2.45) is 0 Å². The van der Waals surface area contributed by atoms with Crippen molar-refractivity contribution in [3.05, 3.63) is 34.7 Å². The maximum Gasteiger partial charge on any atom is 0.225 e. The molecule has 1 unspecified atom stereocenters. The maximum atomic E-state index is 12.1. The van der Waals surface area contributed by atoms with Gasteiger partial charge in [-0.05, 0) is 19.1 Å². The van der Waals surface area contributed by atoms with Gasteiger partial charge in [0.1, 0.15) is 0 Å². The molecule has 2 aromatic rings. The predicted molar refractivity (Wildman–Crippen MR) is 94.6 cm³/mol. The Morgan fingerprint density at radius 3 is 2.86 bits per heavy atom. The van der Waals surface area contributed by atoms with E-state index in [-0.39, 0.29) is 11.9 Å². The minimum absolute atomic E-state index is 0.0669. The summed E-state index contributed by atoms with van der Waals surface area (Å²) in [5.41, 5.74) is 2.90. The molecular formula is C16H19N3OS2. The van der Waals surface area contributed by atoms with E-state index in [0.29, 0.717) is 6.42 Å². The van der Waals surface area contributed by atoms with Gasteiger partial charge in [-0.3, -0.25) is 4.79 Å². The van der Waals surface area contributed by atoms with Crippen molar-refractivity contribution in [1.82, 2.24) is 10.3 Å². The zero-order valence-corrected chi connectivity index (χ0v) is 14.1. The molecule has 2 heterocycles. The van der Waals surface area contributed by atoms with Gasteiger partial charge in [0, 0.05) is 47.1 Å². The summed E-state index contributed by atoms with van der Waals surface area (Å²) in [6, 6.07) is 8.16. The lowest BCUT2D eigenvalue weighted by atomic mass is 10.1. The quantitative estimate of drug-likeness (QED) is 0.902. The highest BCUT2D eigenvalue weighted by molar-refractivity contribution is 7.99. The van der Waals surface area contributed by atoms with Crippen LogP contribution in [0.3, 0.4) is 0 Å². The molecule has 116 valence electrons. The van der Waals surface area contributed by atoms with Crippen molar-refractivity contribution in [2.45, 2.75) is 19.4 Å². The smallest absolute Gasteiger partial charge is 0.225 e. The second kappa shape index (κ2) is 7.26. The highest BCUT2D eigenvalue weighted by atomic mass is 32.2. The van der Waals surface area contributed by atoms with E-state index in [1.807, 2.05) is 43.0 Å². The van der Waals surface area contributed by atoms with Gasteiger partial charge in [-0.25, -0.2) is 4.98 Å². The van der Waals surface area contributed by atoms with Crippen LogP contribution < -0.4 is 10.6 Å². The lowest BCUT2D eigenvalue weighted by Crippen LogP contribution is -2.39. The monoisotopic (exact) mass is 333 g/mol. The first kappa shape index (κ1) is 15.5. The molecule has 1 aliphatic heterocycles. The molecule has 0 radical (unpaired) electrons. The molecule has 2 N–H and O–H groups in total. The number of carbonyl (C=O) groups is 1. The number of amides is 1. The standard InChI is InChI=1S/C16H19N3OS2/c1-11-18-15(10-22-11)12-2-4-13(5-3-12)19-16(20)8-14-9-21-7-6-17-14/h2-5,10,14,17H,6-9H2,1H3,(H,19,20). The van der Waals surface area contributed by atoms with Gasteiger partial charge < -0.3 is 10.6 Å². The molecule has 0 bridgehead atoms. The molecule has 22 heavy (non-hydrogen) atoms. The van der Waals surface area contributed by atoms with E-state index < -0.39 is 0 Å². The molecule has 1 aromatic heterocycles. The van der Waals surface area contributed by atoms with Crippen LogP contribution in [-0.2, 0) is 4.79 Å². The second-order valence-electron chi connectivity index (χ2n) is 5.31. The molecule has 4 nitrogen and oxygen atoms in total. The minimum atomic E-state index is 0.0669. The molecule has 1 aromatic carbocycles. The van der Waals surface area contributed by atoms with E-state index in [4.69, 9.17) is 0 Å². The molecule has 1 saturated heterocycles. The van der Waals surface area contributed by atoms with Crippen molar-refractivity contribution in [3.63, 3.8) is 0 Å². The van der Waals surface area contributed by atoms with E-state index in [9.17, 15) is 4.79 Å². The Kier molecular flexibility index (Phi) is 5.12. The highest BCUT2D eigenvalue weighted by Crippen LogP contribution is 2.23. The predicted octanol–water partition coefficient (Wildman–Crippen LogP) is 3.15. The van der Waals surface area contributed by atoms with E-state index in [0.717, 1.165) is 40.0 Å². The molecule has 6 heteroatoms. The van der Waals surface area contributed by atoms with Crippen LogP contribution >= 0.6 is 23.1 Å². The summed E-state index contributed by atoms with van der Waals surface area (Å²) in [7, 11) is 0. The molecule has 0 saturated carbocycles. The molecule has 1 aliphatic rings. The Hall–Kier alpha value is -1.37. The van der Waals surface area contributed by atoms with Crippen molar-refractivity contribution < 1.29 is 4.79 Å². The third-order valence-corrected chi connectivity index (χ3v) is 5.42. The van der Waals surface area contributed by atoms with Gasteiger partial charge in [0.15, 0.2) is 0 Å². The van der Waals surface area contributed by atoms with Crippen LogP contribution in [0.25, 0.3) is 11.3 Å². The van der Waals surface area contributed by atoms with Gasteiger partial charge in [0.25, 0.3) is 0 Å². The van der Waals surface area contributed by atoms with Crippen molar-refractivity contribution >= 4 is 34.7 Å². The van der Waals surface area contributed by atoms with Crippen LogP contribution in [0.1, 0.15) is 11.4 Å². The van der Waals surface area contributed by atoms with E-state index in [1.54, 1.807) is 11.3 Å². The summed E-state index contributed by atoms with van der Waals surface area (Å²) in [5.74, 6) is 2.21. The molecular weight excluding hydrogens is 314 g/mol. The average molecular weight is 333 g/mol. The lowest BCUT2D eigenvalue weighted by molar-refractivity contribution is -0.116. The number of aromatic nitrogens is 1. The largest absolute Gasteiger partial charge is 0.326 e. The SMILES string of the molecule is Cc1nc(-c2ccc(NC(=O)CC3CSCCN3)cc2)cs1. The third kappa shape index (κ3) is 4.09. The Bertz CT molecular complexity index is 633. The maximum absolute atomic E-state index is 12.1. The van der Waals surface area contributed by atoms with Gasteiger partial charge in [-0.15, -0.1) is 11.3 Å². The number of anilines is 1. The second-order valence-corrected chi connectivity index (χ2v) is 7.52. The average Bonchev–Trinajstić information content (AvgIpc) is 2.95. The number of thiazole rings is 1. The van der Waals surface area contributed by atoms with Gasteiger partial charge >= 0.3 is 0 Å². The summed E-state index contributed by atoms with van der Waals surface area (Å²) in [5, 5.41) is 9.46. The molecule has 3 rings (SSSR count). The molecule has 1 amide bonds. The fraction of sp³-hybridized carbons (Fsp3) is 0.375. The van der Waals surface area contributed by atoms with E-state index in [2.05, 4.69) is 21.0 Å². The molecule has 0 aliphatic carbocycles. The molecule has 0 spiro atoms. The summed E-state index contributed by atoms with van der Waals surface area (Å²) in [6.07, 6.45) is 0.528. The Morgan fingerprint density at radius 1 is 1.41 bits per heavy atom. The number of aryl methyl sites for hydroxylation is 1. The first-order chi connectivity index (χ1) is 10.7. The first-order valence-corrected chi connectivity index (χ1v) is 9.38. The van der Waals surface area contributed by atoms with Crippen LogP contribution in [-0.4, -0.2) is 35.0 Å². The zero-order chi connectivity index (χ0) is 15.4. The van der Waals surface area contributed by atoms with Gasteiger partial charge in [0.05, 0.1) is 10.7 Å². The van der Waals surface area contributed by atoms with Gasteiger partial charge in [-0.2, -0.15) is 11.8 Å².